The summed E-state index contributed by atoms with van der Waals surface area (Å²) in [6, 6.07) is 3.54. The molecule has 0 radical (unpaired) electrons. The van der Waals surface area contributed by atoms with Crippen LogP contribution in [-0.4, -0.2) is 42.8 Å². The average molecular weight is 522 g/mol. The molecule has 0 N–H and O–H groups in total. The van der Waals surface area contributed by atoms with Gasteiger partial charge in [0.05, 0.1) is 34.2 Å². The Labute approximate surface area is 220 Å². The van der Waals surface area contributed by atoms with Gasteiger partial charge in [-0.1, -0.05) is 20.8 Å². The molecule has 4 aromatic rings. The van der Waals surface area contributed by atoms with E-state index in [1.54, 1.807) is 23.7 Å². The van der Waals surface area contributed by atoms with Gasteiger partial charge >= 0.3 is 0 Å². The van der Waals surface area contributed by atoms with Crippen molar-refractivity contribution in [2.24, 2.45) is 0 Å². The lowest BCUT2D eigenvalue weighted by Crippen LogP contribution is -2.34. The Kier molecular flexibility index (Phi) is 6.98. The van der Waals surface area contributed by atoms with E-state index in [4.69, 9.17) is 4.74 Å². The van der Waals surface area contributed by atoms with Crippen LogP contribution in [0.1, 0.15) is 71.8 Å². The zero-order valence-corrected chi connectivity index (χ0v) is 22.8. The molecule has 0 unspecified atom stereocenters. The summed E-state index contributed by atoms with van der Waals surface area (Å²) in [5.74, 6) is 1.62. The summed E-state index contributed by atoms with van der Waals surface area (Å²) in [4.78, 5) is 29.7. The summed E-state index contributed by atoms with van der Waals surface area (Å²) >= 11 is 1.66. The Morgan fingerprint density at radius 2 is 1.97 bits per heavy atom. The summed E-state index contributed by atoms with van der Waals surface area (Å²) in [5.41, 5.74) is 5.23. The summed E-state index contributed by atoms with van der Waals surface area (Å²) in [5, 5.41) is 1.01. The highest BCUT2D eigenvalue weighted by Crippen LogP contribution is 2.39. The summed E-state index contributed by atoms with van der Waals surface area (Å²) in [6.45, 7) is 11.2. The molecule has 1 amide bonds. The number of amides is 1. The van der Waals surface area contributed by atoms with Crippen LogP contribution < -0.4 is 4.74 Å². The molecule has 0 atom stereocenters. The average Bonchev–Trinajstić information content (AvgIpc) is 3.28. The molecule has 2 aliphatic heterocycles. The Morgan fingerprint density at radius 3 is 2.70 bits per heavy atom. The molecule has 1 aliphatic carbocycles. The first-order valence-corrected chi connectivity index (χ1v) is 13.8. The molecule has 37 heavy (non-hydrogen) atoms. The van der Waals surface area contributed by atoms with E-state index in [-0.39, 0.29) is 11.7 Å². The lowest BCUT2D eigenvalue weighted by atomic mass is 10.0. The van der Waals surface area contributed by atoms with Crippen LogP contribution in [0, 0.1) is 19.7 Å². The van der Waals surface area contributed by atoms with E-state index < -0.39 is 0 Å². The Hall–Kier alpha value is -3.33. The largest absolute Gasteiger partial charge is 0.493 e. The van der Waals surface area contributed by atoms with Crippen LogP contribution in [0.4, 0.5) is 4.39 Å². The lowest BCUT2D eigenvalue weighted by Gasteiger charge is -2.23. The number of fused-ring (bicyclic) bond motifs is 3. The van der Waals surface area contributed by atoms with Gasteiger partial charge in [0.1, 0.15) is 23.7 Å². The van der Waals surface area contributed by atoms with E-state index in [2.05, 4.69) is 15.0 Å². The lowest BCUT2D eigenvalue weighted by molar-refractivity contribution is 0.0724. The third-order valence-corrected chi connectivity index (χ3v) is 7.91. The molecule has 0 saturated heterocycles. The first kappa shape index (κ1) is 25.3. The number of aromatic nitrogens is 4. The van der Waals surface area contributed by atoms with Gasteiger partial charge in [0.2, 0.25) is 0 Å². The molecule has 9 heteroatoms. The van der Waals surface area contributed by atoms with Crippen molar-refractivity contribution in [3.63, 3.8) is 0 Å². The van der Waals surface area contributed by atoms with Gasteiger partial charge in [0.25, 0.3) is 5.91 Å². The Balaban J connectivity index is 0.000000169. The minimum atomic E-state index is -0.0956. The van der Waals surface area contributed by atoms with E-state index in [0.29, 0.717) is 24.9 Å². The van der Waals surface area contributed by atoms with Crippen LogP contribution in [0.3, 0.4) is 0 Å². The van der Waals surface area contributed by atoms with E-state index in [0.717, 1.165) is 75.0 Å². The topological polar surface area (TPSA) is 72.6 Å². The zero-order valence-electron chi connectivity index (χ0n) is 22.0. The number of aryl methyl sites for hydroxylation is 2. The van der Waals surface area contributed by atoms with E-state index in [1.165, 1.54) is 6.07 Å². The SMILES string of the molecule is CC.CCc1c(F)ccc2c1CCO2.Cc1nc2c(s1)-c1cnc(C)n3cnc(c13)C(=O)N(C1CC1)C2. The number of benzene rings is 1. The van der Waals surface area contributed by atoms with Gasteiger partial charge in [-0.2, -0.15) is 0 Å². The van der Waals surface area contributed by atoms with Crippen molar-refractivity contribution >= 4 is 22.8 Å². The monoisotopic (exact) mass is 521 g/mol. The minimum Gasteiger partial charge on any atom is -0.493 e. The highest BCUT2D eigenvalue weighted by molar-refractivity contribution is 7.15. The molecule has 1 saturated carbocycles. The van der Waals surface area contributed by atoms with Gasteiger partial charge in [0.15, 0.2) is 5.69 Å². The Bertz CT molecular complexity index is 1470. The van der Waals surface area contributed by atoms with Crippen LogP contribution >= 0.6 is 11.3 Å². The predicted molar refractivity (Wildman–Crippen MR) is 143 cm³/mol. The maximum atomic E-state index is 13.2. The molecule has 5 heterocycles. The van der Waals surface area contributed by atoms with Crippen LogP contribution in [0.5, 0.6) is 5.75 Å². The van der Waals surface area contributed by atoms with Crippen molar-refractivity contribution in [2.45, 2.75) is 72.9 Å². The van der Waals surface area contributed by atoms with Gasteiger partial charge in [-0.15, -0.1) is 11.3 Å². The standard InChI is InChI=1S/C16H15N5OS.C10H11FO.C2H6/c1-8-17-5-11-14-13(18-7-21(8)14)16(22)20(10-3-4-10)6-12-15(11)23-9(2)19-12;1-2-7-8-5-6-12-10(8)4-3-9(7)11;1-2/h5,7,10H,3-4,6H2,1-2H3;3-4H,2,5-6H2,1H3;1-2H3. The number of halogens is 1. The number of carbonyl (C=O) groups excluding carboxylic acids is 1. The molecule has 194 valence electrons. The second kappa shape index (κ2) is 10.2. The Morgan fingerprint density at radius 1 is 1.19 bits per heavy atom. The fourth-order valence-corrected chi connectivity index (χ4v) is 5.93. The molecule has 1 fully saturated rings. The highest BCUT2D eigenvalue weighted by Gasteiger charge is 2.38. The fourth-order valence-electron chi connectivity index (χ4n) is 4.99. The van der Waals surface area contributed by atoms with Gasteiger partial charge < -0.3 is 9.64 Å². The maximum absolute atomic E-state index is 13.2. The van der Waals surface area contributed by atoms with Gasteiger partial charge in [-0.05, 0) is 50.8 Å². The second-order valence-corrected chi connectivity index (χ2v) is 10.4. The van der Waals surface area contributed by atoms with Crippen LogP contribution in [0.2, 0.25) is 0 Å². The van der Waals surface area contributed by atoms with Crippen LogP contribution in [-0.2, 0) is 19.4 Å². The smallest absolute Gasteiger partial charge is 0.275 e. The molecule has 3 aliphatic rings. The van der Waals surface area contributed by atoms with Crippen molar-refractivity contribution in [1.82, 2.24) is 24.3 Å². The zero-order chi connectivity index (χ0) is 26.3. The number of imidazole rings is 1. The third kappa shape index (κ3) is 4.50. The molecule has 3 aromatic heterocycles. The number of rotatable bonds is 2. The number of thiazole rings is 1. The van der Waals surface area contributed by atoms with Crippen LogP contribution in [0.15, 0.2) is 24.7 Å². The van der Waals surface area contributed by atoms with E-state index in [9.17, 15) is 9.18 Å². The molecule has 0 bridgehead atoms. The molecule has 1 aromatic carbocycles. The van der Waals surface area contributed by atoms with Gasteiger partial charge in [0, 0.05) is 29.8 Å². The summed E-state index contributed by atoms with van der Waals surface area (Å²) in [7, 11) is 0. The van der Waals surface area contributed by atoms with Crippen molar-refractivity contribution in [3.05, 3.63) is 63.8 Å². The predicted octanol–water partition coefficient (Wildman–Crippen LogP) is 5.94. The second-order valence-electron chi connectivity index (χ2n) is 9.16. The number of hydrogen-bond donors (Lipinski definition) is 0. The van der Waals surface area contributed by atoms with Crippen LogP contribution in [0.25, 0.3) is 16.0 Å². The van der Waals surface area contributed by atoms with Crippen molar-refractivity contribution in [2.75, 3.05) is 6.61 Å². The summed E-state index contributed by atoms with van der Waals surface area (Å²) < 4.78 is 20.4. The van der Waals surface area contributed by atoms with Crippen molar-refractivity contribution in [3.8, 4) is 16.2 Å². The molecule has 7 rings (SSSR count). The number of nitrogens with zero attached hydrogens (tertiary/aromatic N) is 5. The fraction of sp³-hybridized carbons (Fsp3) is 0.429. The number of ether oxygens (including phenoxy) is 1. The molecular formula is C28H32FN5O2S. The molecule has 7 nitrogen and oxygen atoms in total. The first-order chi connectivity index (χ1) is 18.0. The third-order valence-electron chi connectivity index (χ3n) is 6.87. The highest BCUT2D eigenvalue weighted by atomic mass is 32.1. The first-order valence-electron chi connectivity index (χ1n) is 13.0. The summed E-state index contributed by atoms with van der Waals surface area (Å²) in [6.07, 6.45) is 7.31. The maximum Gasteiger partial charge on any atom is 0.275 e. The normalized spacial score (nSPS) is 15.5. The van der Waals surface area contributed by atoms with Crippen molar-refractivity contribution < 1.29 is 13.9 Å². The number of carbonyl (C=O) groups is 1. The minimum absolute atomic E-state index is 0.0122. The molecule has 0 spiro atoms. The molecular weight excluding hydrogens is 489 g/mol. The van der Waals surface area contributed by atoms with Crippen molar-refractivity contribution in [1.29, 1.82) is 0 Å². The quantitative estimate of drug-likeness (QED) is 0.327. The van der Waals surface area contributed by atoms with Gasteiger partial charge in [-0.3, -0.25) is 9.20 Å². The van der Waals surface area contributed by atoms with Gasteiger partial charge in [-0.25, -0.2) is 19.3 Å². The van der Waals surface area contributed by atoms with E-state index >= 15 is 0 Å². The van der Waals surface area contributed by atoms with E-state index in [1.807, 2.05) is 50.1 Å². The number of hydrogen-bond acceptors (Lipinski definition) is 6.